The van der Waals surface area contributed by atoms with Crippen molar-refractivity contribution in [2.45, 2.75) is 19.9 Å². The van der Waals surface area contributed by atoms with Crippen LogP contribution in [0, 0.1) is 6.92 Å². The molecule has 3 rings (SSSR count). The molecule has 0 bridgehead atoms. The zero-order valence-electron chi connectivity index (χ0n) is 11.8. The van der Waals surface area contributed by atoms with Gasteiger partial charge in [-0.1, -0.05) is 6.07 Å². The van der Waals surface area contributed by atoms with E-state index in [2.05, 4.69) is 20.5 Å². The molecule has 1 atom stereocenters. The van der Waals surface area contributed by atoms with Crippen LogP contribution in [-0.4, -0.2) is 25.5 Å². The molecule has 0 aromatic carbocycles. The van der Waals surface area contributed by atoms with Crippen molar-refractivity contribution in [2.75, 3.05) is 0 Å². The molecule has 0 spiro atoms. The van der Waals surface area contributed by atoms with E-state index in [0.29, 0.717) is 11.4 Å². The van der Waals surface area contributed by atoms with Crippen molar-refractivity contribution in [2.24, 2.45) is 0 Å². The Morgan fingerprint density at radius 3 is 2.86 bits per heavy atom. The molecular formula is C15H15N5O. The maximum absolute atomic E-state index is 12.2. The average Bonchev–Trinajstić information content (AvgIpc) is 2.92. The third-order valence-corrected chi connectivity index (χ3v) is 3.25. The van der Waals surface area contributed by atoms with E-state index in [1.165, 1.54) is 0 Å². The molecule has 0 aliphatic heterocycles. The summed E-state index contributed by atoms with van der Waals surface area (Å²) in [5, 5.41) is 11.1. The van der Waals surface area contributed by atoms with Gasteiger partial charge in [-0.25, -0.2) is 0 Å². The molecule has 0 aliphatic rings. The highest BCUT2D eigenvalue weighted by Gasteiger charge is 2.16. The number of nitrogens with one attached hydrogen (secondary N) is 1. The molecule has 1 amide bonds. The molecule has 3 heterocycles. The summed E-state index contributed by atoms with van der Waals surface area (Å²) < 4.78 is 1.86. The van der Waals surface area contributed by atoms with E-state index in [9.17, 15) is 4.79 Å². The molecule has 0 fully saturated rings. The molecule has 0 radical (unpaired) electrons. The zero-order valence-corrected chi connectivity index (χ0v) is 11.8. The van der Waals surface area contributed by atoms with Crippen molar-refractivity contribution in [1.29, 1.82) is 0 Å². The van der Waals surface area contributed by atoms with Gasteiger partial charge in [-0.15, -0.1) is 10.2 Å². The third-order valence-electron chi connectivity index (χ3n) is 3.25. The molecule has 1 N–H and O–H groups in total. The van der Waals surface area contributed by atoms with Crippen molar-refractivity contribution in [3.8, 4) is 0 Å². The van der Waals surface area contributed by atoms with Crippen LogP contribution in [0.5, 0.6) is 0 Å². The Balaban J connectivity index is 1.81. The SMILES string of the molecule is Cc1ccc(C(=O)NC(C)c2nnc3ccccn23)cn1. The number of rotatable bonds is 3. The second-order valence-corrected chi connectivity index (χ2v) is 4.87. The lowest BCUT2D eigenvalue weighted by atomic mass is 10.2. The van der Waals surface area contributed by atoms with Crippen LogP contribution < -0.4 is 5.32 Å². The predicted molar refractivity (Wildman–Crippen MR) is 77.8 cm³/mol. The highest BCUT2D eigenvalue weighted by atomic mass is 16.1. The van der Waals surface area contributed by atoms with Gasteiger partial charge >= 0.3 is 0 Å². The van der Waals surface area contributed by atoms with E-state index in [-0.39, 0.29) is 11.9 Å². The fraction of sp³-hybridized carbons (Fsp3) is 0.200. The standard InChI is InChI=1S/C15H15N5O/c1-10-6-7-12(9-16-10)15(21)17-11(2)14-19-18-13-5-3-4-8-20(13)14/h3-9,11H,1-2H3,(H,17,21). The molecule has 106 valence electrons. The van der Waals surface area contributed by atoms with Crippen LogP contribution in [0.4, 0.5) is 0 Å². The molecule has 1 unspecified atom stereocenters. The number of hydrogen-bond donors (Lipinski definition) is 1. The summed E-state index contributed by atoms with van der Waals surface area (Å²) >= 11 is 0. The lowest BCUT2D eigenvalue weighted by molar-refractivity contribution is 0.0937. The van der Waals surface area contributed by atoms with E-state index in [1.54, 1.807) is 12.3 Å². The molecule has 3 aromatic heterocycles. The van der Waals surface area contributed by atoms with E-state index in [0.717, 1.165) is 11.3 Å². The van der Waals surface area contributed by atoms with Crippen LogP contribution >= 0.6 is 0 Å². The van der Waals surface area contributed by atoms with Gasteiger partial charge < -0.3 is 5.32 Å². The number of aromatic nitrogens is 4. The van der Waals surface area contributed by atoms with Gasteiger partial charge in [-0.3, -0.25) is 14.2 Å². The Labute approximate surface area is 121 Å². The first kappa shape index (κ1) is 13.2. The fourth-order valence-electron chi connectivity index (χ4n) is 2.10. The first-order valence-corrected chi connectivity index (χ1v) is 6.68. The van der Waals surface area contributed by atoms with Gasteiger partial charge in [0, 0.05) is 18.1 Å². The molecule has 6 nitrogen and oxygen atoms in total. The highest BCUT2D eigenvalue weighted by molar-refractivity contribution is 5.94. The number of carbonyl (C=O) groups excluding carboxylic acids is 1. The summed E-state index contributed by atoms with van der Waals surface area (Å²) in [5.74, 6) is 0.515. The largest absolute Gasteiger partial charge is 0.342 e. The zero-order chi connectivity index (χ0) is 14.8. The minimum atomic E-state index is -0.254. The second kappa shape index (κ2) is 5.32. The van der Waals surface area contributed by atoms with Crippen LogP contribution in [0.15, 0.2) is 42.7 Å². The van der Waals surface area contributed by atoms with Crippen LogP contribution in [0.1, 0.15) is 34.8 Å². The third kappa shape index (κ3) is 2.60. The van der Waals surface area contributed by atoms with E-state index >= 15 is 0 Å². The molecule has 0 aliphatic carbocycles. The number of fused-ring (bicyclic) bond motifs is 1. The summed E-state index contributed by atoms with van der Waals surface area (Å²) in [6.45, 7) is 3.76. The monoisotopic (exact) mass is 281 g/mol. The second-order valence-electron chi connectivity index (χ2n) is 4.87. The fourth-order valence-corrected chi connectivity index (χ4v) is 2.10. The van der Waals surface area contributed by atoms with Crippen molar-refractivity contribution < 1.29 is 4.79 Å². The topological polar surface area (TPSA) is 72.2 Å². The maximum atomic E-state index is 12.2. The van der Waals surface area contributed by atoms with Crippen LogP contribution in [0.25, 0.3) is 5.65 Å². The number of aryl methyl sites for hydroxylation is 1. The Kier molecular flexibility index (Phi) is 3.35. The Morgan fingerprint density at radius 2 is 2.10 bits per heavy atom. The number of nitrogens with zero attached hydrogens (tertiary/aromatic N) is 4. The number of carbonyl (C=O) groups is 1. The molecule has 0 saturated carbocycles. The normalized spacial score (nSPS) is 12.3. The minimum absolute atomic E-state index is 0.178. The summed E-state index contributed by atoms with van der Waals surface area (Å²) in [5.41, 5.74) is 2.16. The molecule has 0 saturated heterocycles. The van der Waals surface area contributed by atoms with Crippen LogP contribution in [0.3, 0.4) is 0 Å². The summed E-state index contributed by atoms with van der Waals surface area (Å²) in [4.78, 5) is 16.3. The lowest BCUT2D eigenvalue weighted by Gasteiger charge is -2.12. The van der Waals surface area contributed by atoms with Gasteiger partial charge in [0.15, 0.2) is 11.5 Å². The summed E-state index contributed by atoms with van der Waals surface area (Å²) in [6, 6.07) is 8.98. The average molecular weight is 281 g/mol. The number of amides is 1. The van der Waals surface area contributed by atoms with Gasteiger partial charge in [0.2, 0.25) is 0 Å². The summed E-state index contributed by atoms with van der Waals surface area (Å²) in [6.07, 6.45) is 3.44. The first-order chi connectivity index (χ1) is 10.1. The van der Waals surface area contributed by atoms with Crippen molar-refractivity contribution in [1.82, 2.24) is 24.9 Å². The molecule has 6 heteroatoms. The number of pyridine rings is 2. The van der Waals surface area contributed by atoms with Crippen LogP contribution in [-0.2, 0) is 0 Å². The van der Waals surface area contributed by atoms with Gasteiger partial charge in [-0.2, -0.15) is 0 Å². The van der Waals surface area contributed by atoms with Crippen molar-refractivity contribution in [3.63, 3.8) is 0 Å². The Hall–Kier alpha value is -2.76. The Morgan fingerprint density at radius 1 is 1.24 bits per heavy atom. The number of hydrogen-bond acceptors (Lipinski definition) is 4. The summed E-state index contributed by atoms with van der Waals surface area (Å²) in [7, 11) is 0. The van der Waals surface area contributed by atoms with E-state index in [4.69, 9.17) is 0 Å². The first-order valence-electron chi connectivity index (χ1n) is 6.68. The molecular weight excluding hydrogens is 266 g/mol. The van der Waals surface area contributed by atoms with Crippen molar-refractivity contribution in [3.05, 3.63) is 59.8 Å². The predicted octanol–water partition coefficient (Wildman–Crippen LogP) is 1.92. The Bertz CT molecular complexity index is 778. The lowest BCUT2D eigenvalue weighted by Crippen LogP contribution is -2.28. The molecule has 3 aromatic rings. The minimum Gasteiger partial charge on any atom is -0.342 e. The van der Waals surface area contributed by atoms with Crippen LogP contribution in [0.2, 0.25) is 0 Å². The van der Waals surface area contributed by atoms with Gasteiger partial charge in [0.1, 0.15) is 0 Å². The molecule has 21 heavy (non-hydrogen) atoms. The maximum Gasteiger partial charge on any atom is 0.253 e. The van der Waals surface area contributed by atoms with E-state index < -0.39 is 0 Å². The van der Waals surface area contributed by atoms with Gasteiger partial charge in [0.25, 0.3) is 5.91 Å². The van der Waals surface area contributed by atoms with E-state index in [1.807, 2.05) is 48.7 Å². The smallest absolute Gasteiger partial charge is 0.253 e. The quantitative estimate of drug-likeness (QED) is 0.796. The highest BCUT2D eigenvalue weighted by Crippen LogP contribution is 2.12. The van der Waals surface area contributed by atoms with Crippen molar-refractivity contribution >= 4 is 11.6 Å². The van der Waals surface area contributed by atoms with Gasteiger partial charge in [0.05, 0.1) is 11.6 Å². The van der Waals surface area contributed by atoms with Gasteiger partial charge in [-0.05, 0) is 38.1 Å².